The van der Waals surface area contributed by atoms with Crippen molar-refractivity contribution in [1.29, 1.82) is 0 Å². The van der Waals surface area contributed by atoms with Crippen LogP contribution in [0.3, 0.4) is 0 Å². The van der Waals surface area contributed by atoms with Crippen molar-refractivity contribution in [1.82, 2.24) is 10.2 Å². The zero-order chi connectivity index (χ0) is 8.10. The zero-order valence-electron chi connectivity index (χ0n) is 6.89. The van der Waals surface area contributed by atoms with Crippen LogP contribution in [0.15, 0.2) is 12.3 Å². The highest BCUT2D eigenvalue weighted by Crippen LogP contribution is 1.97. The molecule has 0 aliphatic carbocycles. The lowest BCUT2D eigenvalue weighted by molar-refractivity contribution is 0.723. The third-order valence-electron chi connectivity index (χ3n) is 1.57. The molecule has 0 aromatic carbocycles. The van der Waals surface area contributed by atoms with Gasteiger partial charge in [-0.15, -0.1) is 0 Å². The molecule has 1 aromatic heterocycles. The summed E-state index contributed by atoms with van der Waals surface area (Å²) < 4.78 is 0. The zero-order valence-corrected chi connectivity index (χ0v) is 6.89. The maximum absolute atomic E-state index is 3.80. The number of rotatable bonds is 1. The summed E-state index contributed by atoms with van der Waals surface area (Å²) in [5.41, 5.74) is 0.894. The van der Waals surface area contributed by atoms with Crippen molar-refractivity contribution in [2.75, 3.05) is 0 Å². The summed E-state index contributed by atoms with van der Waals surface area (Å²) in [6, 6.07) is 1.87. The average Bonchev–Trinajstić information content (AvgIpc) is 2.52. The van der Waals surface area contributed by atoms with Crippen LogP contribution in [0.25, 0.3) is 0 Å². The van der Waals surface area contributed by atoms with E-state index in [-0.39, 0.29) is 0 Å². The normalized spacial score (nSPS) is 11.8. The largest absolute Gasteiger partial charge is 0.270 e. The van der Waals surface area contributed by atoms with Crippen LogP contribution < -0.4 is 0 Å². The molecular weight excluding hydrogens is 136 g/mol. The van der Waals surface area contributed by atoms with E-state index in [1.54, 1.807) is 6.20 Å². The predicted molar refractivity (Wildman–Crippen MR) is 44.9 cm³/mol. The molecule has 1 rings (SSSR count). The molecule has 0 fully saturated rings. The van der Waals surface area contributed by atoms with E-state index in [1.807, 2.05) is 6.07 Å². The molecule has 1 N–H and O–H groups in total. The van der Waals surface area contributed by atoms with E-state index in [0.29, 0.717) is 5.92 Å². The minimum absolute atomic E-state index is 0.471. The Hall–Kier alpha value is -1.23. The Labute approximate surface area is 67.0 Å². The minimum Gasteiger partial charge on any atom is -0.270 e. The molecule has 2 nitrogen and oxygen atoms in total. The van der Waals surface area contributed by atoms with E-state index in [1.165, 1.54) is 0 Å². The Morgan fingerprint density at radius 1 is 1.73 bits per heavy atom. The van der Waals surface area contributed by atoms with Gasteiger partial charge >= 0.3 is 0 Å². The van der Waals surface area contributed by atoms with E-state index < -0.39 is 0 Å². The van der Waals surface area contributed by atoms with Gasteiger partial charge in [-0.1, -0.05) is 19.8 Å². The fourth-order valence-corrected chi connectivity index (χ4v) is 0.629. The Morgan fingerprint density at radius 2 is 2.55 bits per heavy atom. The molecule has 0 aliphatic heterocycles. The number of nitrogens with zero attached hydrogens (tertiary/aromatic N) is 1. The topological polar surface area (TPSA) is 28.7 Å². The van der Waals surface area contributed by atoms with Crippen molar-refractivity contribution < 1.29 is 0 Å². The number of nitrogens with one attached hydrogen (secondary N) is 1. The van der Waals surface area contributed by atoms with Gasteiger partial charge in [0.1, 0.15) is 5.69 Å². The van der Waals surface area contributed by atoms with Gasteiger partial charge in [0.05, 0.1) is 0 Å². The lowest BCUT2D eigenvalue weighted by atomic mass is 10.1. The molecule has 11 heavy (non-hydrogen) atoms. The first-order chi connectivity index (χ1) is 5.33. The molecule has 1 aromatic rings. The second-order valence-electron chi connectivity index (χ2n) is 2.55. The van der Waals surface area contributed by atoms with Crippen LogP contribution in [0, 0.1) is 17.8 Å². The molecule has 0 saturated heterocycles. The quantitative estimate of drug-likeness (QED) is 0.604. The summed E-state index contributed by atoms with van der Waals surface area (Å²) in [5, 5.41) is 6.59. The van der Waals surface area contributed by atoms with E-state index in [2.05, 4.69) is 35.9 Å². The van der Waals surface area contributed by atoms with Crippen LogP contribution in [0.5, 0.6) is 0 Å². The SMILES string of the molecule is CCC(C)C#Cc1ccn[nH]1. The molecule has 58 valence electrons. The van der Waals surface area contributed by atoms with Gasteiger partial charge in [-0.05, 0) is 18.4 Å². The second kappa shape index (κ2) is 3.82. The standard InChI is InChI=1S/C9H12N2/c1-3-8(2)4-5-9-6-7-10-11-9/h6-8H,3H2,1-2H3,(H,10,11). The first-order valence-electron chi connectivity index (χ1n) is 3.84. The minimum atomic E-state index is 0.471. The molecule has 0 bridgehead atoms. The second-order valence-corrected chi connectivity index (χ2v) is 2.55. The van der Waals surface area contributed by atoms with E-state index in [4.69, 9.17) is 0 Å². The van der Waals surface area contributed by atoms with Crippen molar-refractivity contribution in [3.63, 3.8) is 0 Å². The van der Waals surface area contributed by atoms with Crippen LogP contribution in [-0.2, 0) is 0 Å². The molecular formula is C9H12N2. The smallest absolute Gasteiger partial charge is 0.107 e. The van der Waals surface area contributed by atoms with Gasteiger partial charge in [0.25, 0.3) is 0 Å². The average molecular weight is 148 g/mol. The molecule has 0 saturated carbocycles. The number of aromatic nitrogens is 2. The highest BCUT2D eigenvalue weighted by Gasteiger charge is 1.89. The highest BCUT2D eigenvalue weighted by atomic mass is 15.1. The van der Waals surface area contributed by atoms with Crippen LogP contribution in [0.1, 0.15) is 26.0 Å². The Kier molecular flexibility index (Phi) is 2.74. The number of H-pyrrole nitrogens is 1. The van der Waals surface area contributed by atoms with Crippen molar-refractivity contribution in [3.8, 4) is 11.8 Å². The summed E-state index contributed by atoms with van der Waals surface area (Å²) in [4.78, 5) is 0. The molecule has 0 spiro atoms. The summed E-state index contributed by atoms with van der Waals surface area (Å²) in [6.07, 6.45) is 2.81. The van der Waals surface area contributed by atoms with Gasteiger partial charge in [0.15, 0.2) is 0 Å². The third-order valence-corrected chi connectivity index (χ3v) is 1.57. The fourth-order valence-electron chi connectivity index (χ4n) is 0.629. The molecule has 0 aliphatic rings. The highest BCUT2D eigenvalue weighted by molar-refractivity contribution is 5.25. The summed E-state index contributed by atoms with van der Waals surface area (Å²) in [5.74, 6) is 6.59. The third kappa shape index (κ3) is 2.46. The van der Waals surface area contributed by atoms with E-state index in [0.717, 1.165) is 12.1 Å². The van der Waals surface area contributed by atoms with E-state index >= 15 is 0 Å². The van der Waals surface area contributed by atoms with Crippen LogP contribution in [0.4, 0.5) is 0 Å². The van der Waals surface area contributed by atoms with E-state index in [9.17, 15) is 0 Å². The monoisotopic (exact) mass is 148 g/mol. The molecule has 1 unspecified atom stereocenters. The molecule has 1 atom stereocenters. The van der Waals surface area contributed by atoms with Gasteiger partial charge < -0.3 is 0 Å². The van der Waals surface area contributed by atoms with Crippen molar-refractivity contribution in [2.24, 2.45) is 5.92 Å². The van der Waals surface area contributed by atoms with Crippen molar-refractivity contribution >= 4 is 0 Å². The fraction of sp³-hybridized carbons (Fsp3) is 0.444. The van der Waals surface area contributed by atoms with Crippen LogP contribution >= 0.6 is 0 Å². The Morgan fingerprint density at radius 3 is 3.09 bits per heavy atom. The van der Waals surface area contributed by atoms with Crippen LogP contribution in [0.2, 0.25) is 0 Å². The Balaban J connectivity index is 2.58. The van der Waals surface area contributed by atoms with Gasteiger partial charge in [-0.3, -0.25) is 5.10 Å². The predicted octanol–water partition coefficient (Wildman–Crippen LogP) is 1.81. The first kappa shape index (κ1) is 7.87. The molecule has 0 amide bonds. The number of hydrogen-bond donors (Lipinski definition) is 1. The van der Waals surface area contributed by atoms with Gasteiger partial charge in [0, 0.05) is 12.1 Å². The number of hydrogen-bond acceptors (Lipinski definition) is 1. The van der Waals surface area contributed by atoms with Gasteiger partial charge in [-0.25, -0.2) is 0 Å². The van der Waals surface area contributed by atoms with Crippen molar-refractivity contribution in [2.45, 2.75) is 20.3 Å². The molecule has 1 heterocycles. The maximum atomic E-state index is 3.80. The number of aromatic amines is 1. The summed E-state index contributed by atoms with van der Waals surface area (Å²) in [6.45, 7) is 4.25. The molecule has 0 radical (unpaired) electrons. The Bertz CT molecular complexity index is 251. The molecule has 2 heteroatoms. The lowest BCUT2D eigenvalue weighted by Gasteiger charge is -1.92. The first-order valence-corrected chi connectivity index (χ1v) is 3.84. The maximum Gasteiger partial charge on any atom is 0.107 e. The van der Waals surface area contributed by atoms with Gasteiger partial charge in [-0.2, -0.15) is 5.10 Å². The van der Waals surface area contributed by atoms with Crippen LogP contribution in [-0.4, -0.2) is 10.2 Å². The lowest BCUT2D eigenvalue weighted by Crippen LogP contribution is -1.85. The van der Waals surface area contributed by atoms with Crippen molar-refractivity contribution in [3.05, 3.63) is 18.0 Å². The summed E-state index contributed by atoms with van der Waals surface area (Å²) in [7, 11) is 0. The summed E-state index contributed by atoms with van der Waals surface area (Å²) >= 11 is 0. The van der Waals surface area contributed by atoms with Gasteiger partial charge in [0.2, 0.25) is 0 Å².